The molecule has 2 nitrogen and oxygen atoms in total. The SMILES string of the molecule is CC(O)c1cc(F)ccc1N1CCCc2ccccc2C1. The van der Waals surface area contributed by atoms with Gasteiger partial charge in [-0.05, 0) is 49.1 Å². The van der Waals surface area contributed by atoms with Gasteiger partial charge in [-0.1, -0.05) is 24.3 Å². The van der Waals surface area contributed by atoms with Crippen LogP contribution in [-0.4, -0.2) is 11.7 Å². The second kappa shape index (κ2) is 5.86. The zero-order chi connectivity index (χ0) is 14.8. The predicted molar refractivity (Wildman–Crippen MR) is 82.8 cm³/mol. The van der Waals surface area contributed by atoms with E-state index in [1.165, 1.54) is 23.3 Å². The second-order valence-electron chi connectivity index (χ2n) is 5.67. The van der Waals surface area contributed by atoms with E-state index < -0.39 is 6.10 Å². The molecular formula is C18H20FNO. The smallest absolute Gasteiger partial charge is 0.123 e. The Kier molecular flexibility index (Phi) is 3.93. The molecule has 0 spiro atoms. The molecular weight excluding hydrogens is 265 g/mol. The van der Waals surface area contributed by atoms with Crippen molar-refractivity contribution in [2.45, 2.75) is 32.4 Å². The van der Waals surface area contributed by atoms with Crippen LogP contribution in [0.4, 0.5) is 10.1 Å². The first-order valence-corrected chi connectivity index (χ1v) is 7.44. The van der Waals surface area contributed by atoms with Gasteiger partial charge in [-0.15, -0.1) is 0 Å². The van der Waals surface area contributed by atoms with Crippen LogP contribution in [0.1, 0.15) is 36.1 Å². The predicted octanol–water partition coefficient (Wildman–Crippen LogP) is 3.83. The maximum atomic E-state index is 13.5. The second-order valence-corrected chi connectivity index (χ2v) is 5.67. The van der Waals surface area contributed by atoms with E-state index in [9.17, 15) is 9.50 Å². The Morgan fingerprint density at radius 2 is 1.90 bits per heavy atom. The number of aliphatic hydroxyl groups is 1. The molecule has 0 bridgehead atoms. The molecule has 1 aliphatic rings. The summed E-state index contributed by atoms with van der Waals surface area (Å²) in [4.78, 5) is 2.24. The lowest BCUT2D eigenvalue weighted by atomic mass is 10.0. The van der Waals surface area contributed by atoms with Gasteiger partial charge in [0.05, 0.1) is 6.10 Å². The monoisotopic (exact) mass is 285 g/mol. The Hall–Kier alpha value is -1.87. The lowest BCUT2D eigenvalue weighted by Crippen LogP contribution is -2.24. The van der Waals surface area contributed by atoms with Gasteiger partial charge in [0.25, 0.3) is 0 Å². The van der Waals surface area contributed by atoms with Crippen molar-refractivity contribution in [1.29, 1.82) is 0 Å². The van der Waals surface area contributed by atoms with Crippen LogP contribution in [0.2, 0.25) is 0 Å². The van der Waals surface area contributed by atoms with Crippen LogP contribution < -0.4 is 4.90 Å². The van der Waals surface area contributed by atoms with Gasteiger partial charge < -0.3 is 10.0 Å². The Bertz CT molecular complexity index is 639. The molecule has 0 radical (unpaired) electrons. The summed E-state index contributed by atoms with van der Waals surface area (Å²) >= 11 is 0. The summed E-state index contributed by atoms with van der Waals surface area (Å²) in [6.45, 7) is 3.41. The number of rotatable bonds is 2. The summed E-state index contributed by atoms with van der Waals surface area (Å²) in [6, 6.07) is 13.2. The number of aryl methyl sites for hydroxylation is 1. The summed E-state index contributed by atoms with van der Waals surface area (Å²) in [6.07, 6.45) is 1.46. The molecule has 1 atom stereocenters. The Morgan fingerprint density at radius 1 is 1.14 bits per heavy atom. The van der Waals surface area contributed by atoms with Crippen LogP contribution in [0.5, 0.6) is 0 Å². The number of hydrogen-bond acceptors (Lipinski definition) is 2. The first kappa shape index (κ1) is 14.1. The molecule has 2 aromatic carbocycles. The third-order valence-corrected chi connectivity index (χ3v) is 4.13. The molecule has 1 heterocycles. The van der Waals surface area contributed by atoms with Gasteiger partial charge in [0, 0.05) is 24.3 Å². The summed E-state index contributed by atoms with van der Waals surface area (Å²) in [5, 5.41) is 9.93. The molecule has 3 heteroatoms. The fourth-order valence-electron chi connectivity index (χ4n) is 3.05. The lowest BCUT2D eigenvalue weighted by Gasteiger charge is -2.27. The Morgan fingerprint density at radius 3 is 2.67 bits per heavy atom. The van der Waals surface area contributed by atoms with E-state index in [1.807, 2.05) is 0 Å². The normalized spacial score (nSPS) is 16.2. The molecule has 0 fully saturated rings. The van der Waals surface area contributed by atoms with Crippen LogP contribution >= 0.6 is 0 Å². The van der Waals surface area contributed by atoms with E-state index in [0.29, 0.717) is 5.56 Å². The van der Waals surface area contributed by atoms with Crippen LogP contribution in [0.25, 0.3) is 0 Å². The molecule has 0 saturated carbocycles. The molecule has 3 rings (SSSR count). The summed E-state index contributed by atoms with van der Waals surface area (Å²) in [5.41, 5.74) is 4.30. The molecule has 1 N–H and O–H groups in total. The standard InChI is InChI=1S/C18H20FNO/c1-13(21)17-11-16(19)8-9-18(17)20-10-4-7-14-5-2-3-6-15(14)12-20/h2-3,5-6,8-9,11,13,21H,4,7,10,12H2,1H3. The molecule has 0 aliphatic carbocycles. The zero-order valence-corrected chi connectivity index (χ0v) is 12.2. The zero-order valence-electron chi connectivity index (χ0n) is 12.2. The van der Waals surface area contributed by atoms with Gasteiger partial charge in [-0.2, -0.15) is 0 Å². The van der Waals surface area contributed by atoms with Crippen molar-refractivity contribution in [3.8, 4) is 0 Å². The summed E-state index contributed by atoms with van der Waals surface area (Å²) in [5.74, 6) is -0.301. The van der Waals surface area contributed by atoms with Crippen LogP contribution in [0, 0.1) is 5.82 Å². The molecule has 1 unspecified atom stereocenters. The fraction of sp³-hybridized carbons (Fsp3) is 0.333. The van der Waals surface area contributed by atoms with E-state index in [1.54, 1.807) is 13.0 Å². The number of fused-ring (bicyclic) bond motifs is 1. The van der Waals surface area contributed by atoms with Crippen molar-refractivity contribution in [1.82, 2.24) is 0 Å². The molecule has 1 aliphatic heterocycles. The van der Waals surface area contributed by atoms with E-state index in [2.05, 4.69) is 29.2 Å². The topological polar surface area (TPSA) is 23.5 Å². The minimum absolute atomic E-state index is 0.301. The molecule has 2 aromatic rings. The van der Waals surface area contributed by atoms with Gasteiger partial charge in [0.1, 0.15) is 5.82 Å². The van der Waals surface area contributed by atoms with Crippen molar-refractivity contribution >= 4 is 5.69 Å². The molecule has 0 aromatic heterocycles. The van der Waals surface area contributed by atoms with Crippen molar-refractivity contribution in [3.05, 3.63) is 65.0 Å². The summed E-state index contributed by atoms with van der Waals surface area (Å²) < 4.78 is 13.5. The number of halogens is 1. The van der Waals surface area contributed by atoms with Crippen molar-refractivity contribution in [3.63, 3.8) is 0 Å². The minimum Gasteiger partial charge on any atom is -0.389 e. The minimum atomic E-state index is -0.672. The fourth-order valence-corrected chi connectivity index (χ4v) is 3.05. The van der Waals surface area contributed by atoms with Crippen molar-refractivity contribution < 1.29 is 9.50 Å². The van der Waals surface area contributed by atoms with E-state index in [4.69, 9.17) is 0 Å². The average Bonchev–Trinajstić information content (AvgIpc) is 2.69. The largest absolute Gasteiger partial charge is 0.389 e. The van der Waals surface area contributed by atoms with E-state index in [-0.39, 0.29) is 5.82 Å². The number of nitrogens with zero attached hydrogens (tertiary/aromatic N) is 1. The maximum Gasteiger partial charge on any atom is 0.123 e. The first-order chi connectivity index (χ1) is 10.1. The average molecular weight is 285 g/mol. The molecule has 0 amide bonds. The maximum absolute atomic E-state index is 13.5. The third-order valence-electron chi connectivity index (χ3n) is 4.13. The third kappa shape index (κ3) is 2.93. The number of benzene rings is 2. The first-order valence-electron chi connectivity index (χ1n) is 7.44. The highest BCUT2D eigenvalue weighted by atomic mass is 19.1. The number of anilines is 1. The van der Waals surface area contributed by atoms with Crippen LogP contribution in [0.15, 0.2) is 42.5 Å². The lowest BCUT2D eigenvalue weighted by molar-refractivity contribution is 0.199. The van der Waals surface area contributed by atoms with Gasteiger partial charge in [0.2, 0.25) is 0 Å². The Labute approximate surface area is 124 Å². The van der Waals surface area contributed by atoms with Gasteiger partial charge in [0.15, 0.2) is 0 Å². The van der Waals surface area contributed by atoms with Crippen LogP contribution in [0.3, 0.4) is 0 Å². The highest BCUT2D eigenvalue weighted by molar-refractivity contribution is 5.56. The van der Waals surface area contributed by atoms with Gasteiger partial charge in [-0.25, -0.2) is 4.39 Å². The number of aliphatic hydroxyl groups excluding tert-OH is 1. The van der Waals surface area contributed by atoms with Gasteiger partial charge in [-0.3, -0.25) is 0 Å². The highest BCUT2D eigenvalue weighted by Crippen LogP contribution is 2.30. The summed E-state index contributed by atoms with van der Waals surface area (Å²) in [7, 11) is 0. The van der Waals surface area contributed by atoms with Crippen LogP contribution in [-0.2, 0) is 13.0 Å². The molecule has 21 heavy (non-hydrogen) atoms. The highest BCUT2D eigenvalue weighted by Gasteiger charge is 2.19. The van der Waals surface area contributed by atoms with E-state index >= 15 is 0 Å². The van der Waals surface area contributed by atoms with Gasteiger partial charge >= 0.3 is 0 Å². The van der Waals surface area contributed by atoms with Crippen molar-refractivity contribution in [2.24, 2.45) is 0 Å². The molecule has 0 saturated heterocycles. The Balaban J connectivity index is 1.98. The van der Waals surface area contributed by atoms with E-state index in [0.717, 1.165) is 31.6 Å². The quantitative estimate of drug-likeness (QED) is 0.906. The van der Waals surface area contributed by atoms with Crippen molar-refractivity contribution in [2.75, 3.05) is 11.4 Å². The molecule has 110 valence electrons. The number of hydrogen-bond donors (Lipinski definition) is 1.